The standard InChI is InChI=1S/C18H28N2O3S2/c1-13(2)25-18(24)20-8-6-19(7-9-20)12-14-10-15(21-3)17(23-5)16(11-14)22-4/h10-11,13H,6-9,12H2,1-5H3. The molecule has 0 saturated carbocycles. The fourth-order valence-electron chi connectivity index (χ4n) is 2.85. The number of hydrogen-bond acceptors (Lipinski definition) is 6. The number of methoxy groups -OCH3 is 3. The van der Waals surface area contributed by atoms with Gasteiger partial charge in [0.05, 0.1) is 21.3 Å². The predicted octanol–water partition coefficient (Wildman–Crippen LogP) is 3.26. The predicted molar refractivity (Wildman–Crippen MR) is 108 cm³/mol. The quantitative estimate of drug-likeness (QED) is 0.697. The maximum Gasteiger partial charge on any atom is 0.203 e. The van der Waals surface area contributed by atoms with Crippen LogP contribution in [0.2, 0.25) is 0 Å². The van der Waals surface area contributed by atoms with Gasteiger partial charge in [-0.25, -0.2) is 0 Å². The van der Waals surface area contributed by atoms with Crippen LogP contribution in [0.15, 0.2) is 12.1 Å². The second kappa shape index (κ2) is 9.50. The Labute approximate surface area is 160 Å². The lowest BCUT2D eigenvalue weighted by molar-refractivity contribution is 0.178. The molecule has 0 amide bonds. The smallest absolute Gasteiger partial charge is 0.203 e. The zero-order chi connectivity index (χ0) is 18.4. The molecule has 0 N–H and O–H groups in total. The SMILES string of the molecule is COc1cc(CN2CCN(C(=S)SC(C)C)CC2)cc(OC)c1OC. The molecule has 0 radical (unpaired) electrons. The van der Waals surface area contributed by atoms with Crippen molar-refractivity contribution in [1.82, 2.24) is 9.80 Å². The van der Waals surface area contributed by atoms with Gasteiger partial charge in [0.1, 0.15) is 4.32 Å². The van der Waals surface area contributed by atoms with E-state index in [-0.39, 0.29) is 0 Å². The Hall–Kier alpha value is -1.18. The average Bonchev–Trinajstić information content (AvgIpc) is 2.60. The van der Waals surface area contributed by atoms with E-state index in [9.17, 15) is 0 Å². The van der Waals surface area contributed by atoms with Crippen LogP contribution in [0.4, 0.5) is 0 Å². The van der Waals surface area contributed by atoms with Crippen LogP contribution in [-0.2, 0) is 6.54 Å². The number of thiocarbonyl (C=S) groups is 1. The molecule has 25 heavy (non-hydrogen) atoms. The van der Waals surface area contributed by atoms with Gasteiger partial charge in [-0.15, -0.1) is 0 Å². The molecule has 1 saturated heterocycles. The van der Waals surface area contributed by atoms with Gasteiger partial charge in [0.2, 0.25) is 5.75 Å². The van der Waals surface area contributed by atoms with Crippen molar-refractivity contribution < 1.29 is 14.2 Å². The van der Waals surface area contributed by atoms with Crippen molar-refractivity contribution in [2.24, 2.45) is 0 Å². The summed E-state index contributed by atoms with van der Waals surface area (Å²) in [5.41, 5.74) is 1.15. The normalized spacial score (nSPS) is 15.4. The third-order valence-electron chi connectivity index (χ3n) is 4.10. The molecule has 0 atom stereocenters. The molecule has 0 spiro atoms. The lowest BCUT2D eigenvalue weighted by Gasteiger charge is -2.36. The Bertz CT molecular complexity index is 563. The van der Waals surface area contributed by atoms with Crippen molar-refractivity contribution in [3.63, 3.8) is 0 Å². The van der Waals surface area contributed by atoms with E-state index in [1.54, 1.807) is 33.1 Å². The number of rotatable bonds is 6. The Morgan fingerprint density at radius 3 is 2.04 bits per heavy atom. The molecule has 140 valence electrons. The van der Waals surface area contributed by atoms with Crippen LogP contribution in [0.5, 0.6) is 17.2 Å². The number of piperazine rings is 1. The lowest BCUT2D eigenvalue weighted by atomic mass is 10.1. The topological polar surface area (TPSA) is 34.2 Å². The first-order valence-electron chi connectivity index (χ1n) is 8.45. The summed E-state index contributed by atoms with van der Waals surface area (Å²) in [5, 5.41) is 0.532. The highest BCUT2D eigenvalue weighted by Crippen LogP contribution is 2.38. The number of hydrogen-bond donors (Lipinski definition) is 0. The third kappa shape index (κ3) is 5.39. The molecule has 0 bridgehead atoms. The van der Waals surface area contributed by atoms with Crippen molar-refractivity contribution >= 4 is 28.3 Å². The molecule has 7 heteroatoms. The monoisotopic (exact) mass is 384 g/mol. The third-order valence-corrected chi connectivity index (χ3v) is 5.58. The Kier molecular flexibility index (Phi) is 7.65. The molecule has 0 aliphatic carbocycles. The molecule has 1 aliphatic rings. The van der Waals surface area contributed by atoms with E-state index in [1.165, 1.54) is 0 Å². The first kappa shape index (κ1) is 20.1. The minimum atomic E-state index is 0.532. The number of ether oxygens (including phenoxy) is 3. The summed E-state index contributed by atoms with van der Waals surface area (Å²) < 4.78 is 17.3. The number of nitrogens with zero attached hydrogens (tertiary/aromatic N) is 2. The second-order valence-electron chi connectivity index (χ2n) is 6.23. The summed E-state index contributed by atoms with van der Waals surface area (Å²) in [6.07, 6.45) is 0. The van der Waals surface area contributed by atoms with Crippen LogP contribution < -0.4 is 14.2 Å². The summed E-state index contributed by atoms with van der Waals surface area (Å²) in [5.74, 6) is 2.03. The minimum Gasteiger partial charge on any atom is -0.493 e. The molecule has 0 aromatic heterocycles. The summed E-state index contributed by atoms with van der Waals surface area (Å²) in [7, 11) is 4.91. The van der Waals surface area contributed by atoms with Gasteiger partial charge in [-0.05, 0) is 17.7 Å². The highest BCUT2D eigenvalue weighted by Gasteiger charge is 2.21. The van der Waals surface area contributed by atoms with Gasteiger partial charge in [0, 0.05) is 38.0 Å². The zero-order valence-electron chi connectivity index (χ0n) is 15.7. The van der Waals surface area contributed by atoms with E-state index in [0.29, 0.717) is 22.5 Å². The zero-order valence-corrected chi connectivity index (χ0v) is 17.3. The second-order valence-corrected chi connectivity index (χ2v) is 8.44. The summed E-state index contributed by atoms with van der Waals surface area (Å²) in [6, 6.07) is 4.04. The van der Waals surface area contributed by atoms with Crippen LogP contribution >= 0.6 is 24.0 Å². The van der Waals surface area contributed by atoms with E-state index < -0.39 is 0 Å². The fraction of sp³-hybridized carbons (Fsp3) is 0.611. The first-order valence-corrected chi connectivity index (χ1v) is 9.74. The summed E-state index contributed by atoms with van der Waals surface area (Å²) in [4.78, 5) is 4.74. The first-order chi connectivity index (χ1) is 12.0. The Morgan fingerprint density at radius 1 is 1.04 bits per heavy atom. The van der Waals surface area contributed by atoms with Crippen LogP contribution in [0.1, 0.15) is 19.4 Å². The lowest BCUT2D eigenvalue weighted by Crippen LogP contribution is -2.47. The minimum absolute atomic E-state index is 0.532. The van der Waals surface area contributed by atoms with Gasteiger partial charge in [0.15, 0.2) is 11.5 Å². The van der Waals surface area contributed by atoms with E-state index in [4.69, 9.17) is 26.4 Å². The largest absolute Gasteiger partial charge is 0.493 e. The molecule has 2 rings (SSSR count). The maximum absolute atomic E-state index is 5.54. The van der Waals surface area contributed by atoms with Gasteiger partial charge in [-0.1, -0.05) is 37.8 Å². The average molecular weight is 385 g/mol. The molecule has 1 fully saturated rings. The number of thioether (sulfide) groups is 1. The maximum atomic E-state index is 5.54. The van der Waals surface area contributed by atoms with Crippen molar-refractivity contribution in [1.29, 1.82) is 0 Å². The van der Waals surface area contributed by atoms with Crippen LogP contribution in [-0.4, -0.2) is 66.9 Å². The van der Waals surface area contributed by atoms with Crippen molar-refractivity contribution in [3.8, 4) is 17.2 Å². The van der Waals surface area contributed by atoms with Crippen molar-refractivity contribution in [2.75, 3.05) is 47.5 Å². The van der Waals surface area contributed by atoms with Gasteiger partial charge in [-0.3, -0.25) is 4.90 Å². The Morgan fingerprint density at radius 2 is 1.60 bits per heavy atom. The number of benzene rings is 1. The highest BCUT2D eigenvalue weighted by atomic mass is 32.2. The summed E-state index contributed by atoms with van der Waals surface area (Å²) in [6.45, 7) is 9.15. The van der Waals surface area contributed by atoms with Crippen LogP contribution in [0.25, 0.3) is 0 Å². The molecule has 1 aromatic rings. The van der Waals surface area contributed by atoms with E-state index in [0.717, 1.165) is 42.6 Å². The van der Waals surface area contributed by atoms with E-state index >= 15 is 0 Å². The van der Waals surface area contributed by atoms with Crippen LogP contribution in [0, 0.1) is 0 Å². The van der Waals surface area contributed by atoms with E-state index in [1.807, 2.05) is 12.1 Å². The Balaban J connectivity index is 1.99. The highest BCUT2D eigenvalue weighted by molar-refractivity contribution is 8.23. The molecular weight excluding hydrogens is 356 g/mol. The van der Waals surface area contributed by atoms with Gasteiger partial charge in [-0.2, -0.15) is 0 Å². The summed E-state index contributed by atoms with van der Waals surface area (Å²) >= 11 is 7.31. The van der Waals surface area contributed by atoms with E-state index in [2.05, 4.69) is 23.6 Å². The molecule has 0 unspecified atom stereocenters. The molecule has 1 heterocycles. The van der Waals surface area contributed by atoms with Crippen molar-refractivity contribution in [3.05, 3.63) is 17.7 Å². The molecule has 1 aliphatic heterocycles. The van der Waals surface area contributed by atoms with Gasteiger partial charge < -0.3 is 19.1 Å². The van der Waals surface area contributed by atoms with Crippen LogP contribution in [0.3, 0.4) is 0 Å². The fourth-order valence-corrected chi connectivity index (χ4v) is 4.34. The van der Waals surface area contributed by atoms with Gasteiger partial charge in [0.25, 0.3) is 0 Å². The molecular formula is C18H28N2O3S2. The molecule has 1 aromatic carbocycles. The molecule has 5 nitrogen and oxygen atoms in total. The van der Waals surface area contributed by atoms with Gasteiger partial charge >= 0.3 is 0 Å². The van der Waals surface area contributed by atoms with Crippen molar-refractivity contribution in [2.45, 2.75) is 25.6 Å².